The number of carbonyl (C=O) groups is 1. The lowest BCUT2D eigenvalue weighted by atomic mass is 10.1. The molecule has 0 aliphatic heterocycles. The number of hydrogen-bond acceptors (Lipinski definition) is 3. The van der Waals surface area contributed by atoms with Gasteiger partial charge in [-0.1, -0.05) is 24.3 Å². The summed E-state index contributed by atoms with van der Waals surface area (Å²) in [6, 6.07) is 11.8. The molecule has 0 aromatic heterocycles. The number of aryl methyl sites for hydroxylation is 1. The highest BCUT2D eigenvalue weighted by Gasteiger charge is 2.28. The molecular weight excluding hydrogens is 369 g/mol. The van der Waals surface area contributed by atoms with Gasteiger partial charge in [-0.05, 0) is 37.1 Å². The number of nitrogens with one attached hydrogen (secondary N) is 1. The Morgan fingerprint density at radius 2 is 1.85 bits per heavy atom. The molecule has 0 saturated carbocycles. The molecule has 0 aliphatic carbocycles. The molecule has 2 aromatic carbocycles. The number of alkyl halides is 3. The summed E-state index contributed by atoms with van der Waals surface area (Å²) in [5.41, 5.74) is 8.19. The number of nitrogens with two attached hydrogens (primary N) is 1. The second kappa shape index (κ2) is 9.33. The zero-order valence-electron chi connectivity index (χ0n) is 14.1. The molecule has 4 nitrogen and oxygen atoms in total. The van der Waals surface area contributed by atoms with Crippen molar-refractivity contribution in [1.29, 1.82) is 0 Å². The van der Waals surface area contributed by atoms with Gasteiger partial charge in [-0.15, -0.1) is 12.4 Å². The molecule has 0 heterocycles. The number of halogens is 4. The fourth-order valence-corrected chi connectivity index (χ4v) is 2.29. The third-order valence-electron chi connectivity index (χ3n) is 3.63. The van der Waals surface area contributed by atoms with E-state index in [1.54, 1.807) is 19.1 Å². The molecule has 0 bridgehead atoms. The molecule has 0 fully saturated rings. The van der Waals surface area contributed by atoms with Gasteiger partial charge >= 0.3 is 6.18 Å². The zero-order valence-corrected chi connectivity index (χ0v) is 14.9. The van der Waals surface area contributed by atoms with Gasteiger partial charge in [0.15, 0.2) is 6.61 Å². The van der Waals surface area contributed by atoms with Crippen molar-refractivity contribution < 1.29 is 22.7 Å². The monoisotopic (exact) mass is 388 g/mol. The van der Waals surface area contributed by atoms with Gasteiger partial charge in [0, 0.05) is 23.4 Å². The van der Waals surface area contributed by atoms with Gasteiger partial charge in [0.2, 0.25) is 5.91 Å². The molecule has 0 radical (unpaired) electrons. The first-order valence-electron chi connectivity index (χ1n) is 7.68. The molecule has 26 heavy (non-hydrogen) atoms. The third-order valence-corrected chi connectivity index (χ3v) is 3.63. The van der Waals surface area contributed by atoms with Crippen molar-refractivity contribution in [2.75, 3.05) is 17.7 Å². The van der Waals surface area contributed by atoms with Gasteiger partial charge in [0.25, 0.3) is 0 Å². The molecule has 0 atom stereocenters. The maximum atomic E-state index is 12.3. The molecule has 0 saturated heterocycles. The summed E-state index contributed by atoms with van der Waals surface area (Å²) in [5, 5.41) is 2.70. The predicted molar refractivity (Wildman–Crippen MR) is 97.8 cm³/mol. The number of carbonyl (C=O) groups excluding carboxylic acids is 1. The summed E-state index contributed by atoms with van der Waals surface area (Å²) >= 11 is 0. The Hall–Kier alpha value is -2.41. The van der Waals surface area contributed by atoms with Crippen LogP contribution in [-0.2, 0) is 11.2 Å². The first kappa shape index (κ1) is 21.6. The molecule has 0 unspecified atom stereocenters. The standard InChI is InChI=1S/C18H19F3N2O2.ClH/c1-12-15(7-4-8-16(12)25-11-18(19,20)21)23-17(24)10-9-13-5-2-3-6-14(13)22;/h2-8H,9-11,22H2,1H3,(H,23,24);1H. The topological polar surface area (TPSA) is 64.4 Å². The van der Waals surface area contributed by atoms with E-state index >= 15 is 0 Å². The van der Waals surface area contributed by atoms with E-state index in [9.17, 15) is 18.0 Å². The van der Waals surface area contributed by atoms with Crippen molar-refractivity contribution in [2.45, 2.75) is 25.9 Å². The number of anilines is 2. The van der Waals surface area contributed by atoms with E-state index in [4.69, 9.17) is 10.5 Å². The summed E-state index contributed by atoms with van der Waals surface area (Å²) in [6.07, 6.45) is -3.73. The average molecular weight is 389 g/mol. The van der Waals surface area contributed by atoms with E-state index in [1.165, 1.54) is 12.1 Å². The first-order valence-corrected chi connectivity index (χ1v) is 7.68. The molecule has 0 aliphatic rings. The van der Waals surface area contributed by atoms with Crippen molar-refractivity contribution in [2.24, 2.45) is 0 Å². The van der Waals surface area contributed by atoms with E-state index in [0.717, 1.165) is 5.56 Å². The van der Waals surface area contributed by atoms with Crippen molar-refractivity contribution in [1.82, 2.24) is 0 Å². The van der Waals surface area contributed by atoms with Crippen LogP contribution in [0.4, 0.5) is 24.5 Å². The van der Waals surface area contributed by atoms with Crippen LogP contribution in [-0.4, -0.2) is 18.7 Å². The van der Waals surface area contributed by atoms with Crippen molar-refractivity contribution >= 4 is 29.7 Å². The highest BCUT2D eigenvalue weighted by molar-refractivity contribution is 5.92. The minimum absolute atomic E-state index is 0. The van der Waals surface area contributed by atoms with E-state index in [2.05, 4.69) is 5.32 Å². The van der Waals surface area contributed by atoms with Crippen LogP contribution in [0, 0.1) is 6.92 Å². The molecular formula is C18H20ClF3N2O2. The van der Waals surface area contributed by atoms with E-state index in [1.807, 2.05) is 18.2 Å². The van der Waals surface area contributed by atoms with Gasteiger partial charge in [0.1, 0.15) is 5.75 Å². The van der Waals surface area contributed by atoms with Gasteiger partial charge in [-0.3, -0.25) is 4.79 Å². The lowest BCUT2D eigenvalue weighted by Crippen LogP contribution is -2.20. The van der Waals surface area contributed by atoms with E-state index in [0.29, 0.717) is 23.4 Å². The number of rotatable bonds is 6. The zero-order chi connectivity index (χ0) is 18.4. The molecule has 3 N–H and O–H groups in total. The summed E-state index contributed by atoms with van der Waals surface area (Å²) in [6.45, 7) is 0.217. The van der Waals surface area contributed by atoms with Crippen molar-refractivity contribution in [3.8, 4) is 5.75 Å². The number of nitrogen functional groups attached to an aromatic ring is 1. The number of ether oxygens (including phenoxy) is 1. The Balaban J connectivity index is 0.00000338. The van der Waals surface area contributed by atoms with Crippen LogP contribution in [0.15, 0.2) is 42.5 Å². The Morgan fingerprint density at radius 3 is 2.50 bits per heavy atom. The van der Waals surface area contributed by atoms with Gasteiger partial charge in [-0.25, -0.2) is 0 Å². The van der Waals surface area contributed by atoms with Gasteiger partial charge in [-0.2, -0.15) is 13.2 Å². The summed E-state index contributed by atoms with van der Waals surface area (Å²) in [7, 11) is 0. The largest absolute Gasteiger partial charge is 0.484 e. The highest BCUT2D eigenvalue weighted by atomic mass is 35.5. The Morgan fingerprint density at radius 1 is 1.15 bits per heavy atom. The molecule has 2 rings (SSSR count). The minimum Gasteiger partial charge on any atom is -0.484 e. The van der Waals surface area contributed by atoms with Crippen LogP contribution in [0.5, 0.6) is 5.75 Å². The van der Waals surface area contributed by atoms with Crippen LogP contribution in [0.3, 0.4) is 0 Å². The van der Waals surface area contributed by atoms with Crippen LogP contribution in [0.1, 0.15) is 17.5 Å². The molecule has 8 heteroatoms. The van der Waals surface area contributed by atoms with E-state index < -0.39 is 12.8 Å². The lowest BCUT2D eigenvalue weighted by molar-refractivity contribution is -0.153. The fourth-order valence-electron chi connectivity index (χ4n) is 2.29. The Bertz CT molecular complexity index is 751. The predicted octanol–water partition coefficient (Wildman–Crippen LogP) is 4.51. The van der Waals surface area contributed by atoms with Gasteiger partial charge in [0.05, 0.1) is 0 Å². The molecule has 142 valence electrons. The Kier molecular flexibility index (Phi) is 7.76. The molecule has 1 amide bonds. The van der Waals surface area contributed by atoms with Gasteiger partial charge < -0.3 is 15.8 Å². The second-order valence-electron chi connectivity index (χ2n) is 5.58. The smallest absolute Gasteiger partial charge is 0.422 e. The summed E-state index contributed by atoms with van der Waals surface area (Å²) in [4.78, 5) is 12.1. The fraction of sp³-hybridized carbons (Fsp3) is 0.278. The van der Waals surface area contributed by atoms with Crippen molar-refractivity contribution in [3.63, 3.8) is 0 Å². The summed E-state index contributed by atoms with van der Waals surface area (Å²) in [5.74, 6) is -0.165. The maximum Gasteiger partial charge on any atom is 0.422 e. The maximum absolute atomic E-state index is 12.3. The third kappa shape index (κ3) is 6.48. The van der Waals surface area contributed by atoms with Crippen LogP contribution < -0.4 is 15.8 Å². The average Bonchev–Trinajstić information content (AvgIpc) is 2.54. The first-order chi connectivity index (χ1) is 11.8. The van der Waals surface area contributed by atoms with E-state index in [-0.39, 0.29) is 30.5 Å². The SMILES string of the molecule is Cc1c(NC(=O)CCc2ccccc2N)cccc1OCC(F)(F)F.Cl. The molecule has 0 spiro atoms. The quantitative estimate of drug-likeness (QED) is 0.715. The lowest BCUT2D eigenvalue weighted by Gasteiger charge is -2.15. The van der Waals surface area contributed by atoms with Crippen LogP contribution in [0.25, 0.3) is 0 Å². The second-order valence-corrected chi connectivity index (χ2v) is 5.58. The minimum atomic E-state index is -4.42. The molecule has 2 aromatic rings. The van der Waals surface area contributed by atoms with Crippen LogP contribution >= 0.6 is 12.4 Å². The Labute approximate surface area is 155 Å². The summed E-state index contributed by atoms with van der Waals surface area (Å²) < 4.78 is 41.6. The number of hydrogen-bond donors (Lipinski definition) is 2. The highest BCUT2D eigenvalue weighted by Crippen LogP contribution is 2.27. The number of para-hydroxylation sites is 1. The van der Waals surface area contributed by atoms with Crippen LogP contribution in [0.2, 0.25) is 0 Å². The number of benzene rings is 2. The number of amides is 1. The normalized spacial score (nSPS) is 10.8. The van der Waals surface area contributed by atoms with Crippen molar-refractivity contribution in [3.05, 3.63) is 53.6 Å².